The van der Waals surface area contributed by atoms with Gasteiger partial charge in [-0.25, -0.2) is 9.97 Å². The largest absolute Gasteiger partial charge is 0.497 e. The van der Waals surface area contributed by atoms with Crippen LogP contribution in [0.1, 0.15) is 29.8 Å². The first-order chi connectivity index (χ1) is 17.9. The lowest BCUT2D eigenvalue weighted by Crippen LogP contribution is -2.43. The Morgan fingerprint density at radius 3 is 2.16 bits per heavy atom. The normalized spacial score (nSPS) is 14.3. The van der Waals surface area contributed by atoms with Gasteiger partial charge in [-0.15, -0.1) is 0 Å². The number of guanidine groups is 1. The van der Waals surface area contributed by atoms with Crippen LogP contribution < -0.4 is 20.1 Å². The third kappa shape index (κ3) is 7.63. The van der Waals surface area contributed by atoms with Crippen LogP contribution in [0.25, 0.3) is 0 Å². The number of benzene rings is 2. The van der Waals surface area contributed by atoms with Gasteiger partial charge in [-0.05, 0) is 62.9 Å². The Hall–Kier alpha value is -3.72. The lowest BCUT2D eigenvalue weighted by Gasteiger charge is -2.34. The van der Waals surface area contributed by atoms with Crippen molar-refractivity contribution in [3.63, 3.8) is 0 Å². The van der Waals surface area contributed by atoms with Crippen LogP contribution in [-0.2, 0) is 6.42 Å². The molecule has 4 rings (SSSR count). The van der Waals surface area contributed by atoms with E-state index in [0.29, 0.717) is 34.4 Å². The number of aromatic nitrogens is 2. The Kier molecular flexibility index (Phi) is 8.90. The van der Waals surface area contributed by atoms with Crippen LogP contribution in [0.5, 0.6) is 11.5 Å². The average Bonchev–Trinajstić information content (AvgIpc) is 2.88. The molecule has 0 saturated carbocycles. The number of likely N-dealkylation sites (tertiary alicyclic amines) is 1. The number of thiocarbonyl (C=S) groups is 1. The number of anilines is 2. The first kappa shape index (κ1) is 26.3. The Labute approximate surface area is 224 Å². The molecule has 0 aliphatic carbocycles. The van der Waals surface area contributed by atoms with E-state index in [4.69, 9.17) is 26.7 Å². The molecular formula is C28H34N6O2S. The Balaban J connectivity index is 1.51. The van der Waals surface area contributed by atoms with Crippen molar-refractivity contribution in [3.8, 4) is 11.5 Å². The summed E-state index contributed by atoms with van der Waals surface area (Å²) >= 11 is 5.63. The van der Waals surface area contributed by atoms with E-state index in [1.54, 1.807) is 14.2 Å². The minimum absolute atomic E-state index is 0.314. The van der Waals surface area contributed by atoms with Crippen LogP contribution in [0, 0.1) is 19.8 Å². The highest BCUT2D eigenvalue weighted by Crippen LogP contribution is 2.26. The van der Waals surface area contributed by atoms with E-state index in [1.165, 1.54) is 5.56 Å². The van der Waals surface area contributed by atoms with Gasteiger partial charge in [-0.3, -0.25) is 5.32 Å². The van der Waals surface area contributed by atoms with Crippen LogP contribution in [0.3, 0.4) is 0 Å². The minimum Gasteiger partial charge on any atom is -0.497 e. The monoisotopic (exact) mass is 518 g/mol. The molecule has 2 N–H and O–H groups in total. The second kappa shape index (κ2) is 12.5. The number of nitrogens with one attached hydrogen (secondary N) is 2. The second-order valence-corrected chi connectivity index (χ2v) is 9.57. The topological polar surface area (TPSA) is 83.9 Å². The summed E-state index contributed by atoms with van der Waals surface area (Å²) in [5, 5.41) is 6.83. The van der Waals surface area contributed by atoms with Crippen molar-refractivity contribution in [2.75, 3.05) is 37.9 Å². The molecule has 1 aliphatic rings. The molecule has 0 amide bonds. The molecule has 0 unspecified atom stereocenters. The standard InChI is InChI=1S/C28H34N6O2S/c1-19-14-20(2)30-26(29-19)32-27(33-28(37)31-23-16-24(35-3)18-25(17-23)36-4)34-12-10-22(11-13-34)15-21-8-6-5-7-9-21/h5-9,14,16-18,22H,10-13,15H2,1-4H3,(H2,29,30,31,32,33,37). The number of ether oxygens (including phenoxy) is 2. The Bertz CT molecular complexity index is 1200. The number of nitrogens with zero attached hydrogens (tertiary/aromatic N) is 4. The molecule has 3 aromatic rings. The van der Waals surface area contributed by atoms with E-state index >= 15 is 0 Å². The molecule has 1 fully saturated rings. The van der Waals surface area contributed by atoms with Crippen molar-refractivity contribution in [2.24, 2.45) is 10.9 Å². The summed E-state index contributed by atoms with van der Waals surface area (Å²) in [5.41, 5.74) is 3.89. The summed E-state index contributed by atoms with van der Waals surface area (Å²) in [7, 11) is 3.23. The highest BCUT2D eigenvalue weighted by molar-refractivity contribution is 7.80. The summed E-state index contributed by atoms with van der Waals surface area (Å²) in [6.07, 6.45) is 3.22. The van der Waals surface area contributed by atoms with Gasteiger partial charge in [-0.2, -0.15) is 4.99 Å². The van der Waals surface area contributed by atoms with Gasteiger partial charge in [0, 0.05) is 48.4 Å². The molecule has 8 nitrogen and oxygen atoms in total. The van der Waals surface area contributed by atoms with Crippen LogP contribution in [-0.4, -0.2) is 53.2 Å². The van der Waals surface area contributed by atoms with Gasteiger partial charge >= 0.3 is 0 Å². The Morgan fingerprint density at radius 1 is 0.946 bits per heavy atom. The van der Waals surface area contributed by atoms with Crippen molar-refractivity contribution in [2.45, 2.75) is 33.1 Å². The molecule has 1 aromatic heterocycles. The summed E-state index contributed by atoms with van der Waals surface area (Å²) in [5.74, 6) is 3.10. The molecule has 0 bridgehead atoms. The van der Waals surface area contributed by atoms with Crippen molar-refractivity contribution in [1.82, 2.24) is 14.9 Å². The van der Waals surface area contributed by atoms with E-state index in [2.05, 4.69) is 55.8 Å². The van der Waals surface area contributed by atoms with Crippen LogP contribution in [0.2, 0.25) is 0 Å². The maximum Gasteiger partial charge on any atom is 0.229 e. The number of piperidine rings is 1. The van der Waals surface area contributed by atoms with Crippen molar-refractivity contribution in [1.29, 1.82) is 0 Å². The summed E-state index contributed by atoms with van der Waals surface area (Å²) < 4.78 is 10.7. The Morgan fingerprint density at radius 2 is 1.57 bits per heavy atom. The predicted octanol–water partition coefficient (Wildman–Crippen LogP) is 5.23. The molecule has 1 saturated heterocycles. The van der Waals surface area contributed by atoms with Crippen molar-refractivity contribution in [3.05, 3.63) is 71.5 Å². The molecule has 0 spiro atoms. The number of aryl methyl sites for hydroxylation is 2. The van der Waals surface area contributed by atoms with Gasteiger partial charge in [0.1, 0.15) is 11.5 Å². The molecule has 0 atom stereocenters. The summed E-state index contributed by atoms with van der Waals surface area (Å²) in [6, 6.07) is 18.1. The third-order valence-electron chi connectivity index (χ3n) is 6.30. The maximum absolute atomic E-state index is 5.63. The van der Waals surface area contributed by atoms with Gasteiger partial charge in [0.25, 0.3) is 0 Å². The number of hydrogen-bond donors (Lipinski definition) is 2. The van der Waals surface area contributed by atoms with Crippen molar-refractivity contribution < 1.29 is 9.47 Å². The fourth-order valence-corrected chi connectivity index (χ4v) is 4.69. The molecule has 0 radical (unpaired) electrons. The first-order valence-electron chi connectivity index (χ1n) is 12.4. The fraction of sp³-hybridized carbons (Fsp3) is 0.357. The van der Waals surface area contributed by atoms with E-state index < -0.39 is 0 Å². The van der Waals surface area contributed by atoms with E-state index in [-0.39, 0.29) is 0 Å². The zero-order chi connectivity index (χ0) is 26.2. The lowest BCUT2D eigenvalue weighted by molar-refractivity contribution is 0.265. The van der Waals surface area contributed by atoms with Crippen molar-refractivity contribution >= 4 is 34.9 Å². The van der Waals surface area contributed by atoms with Gasteiger partial charge in [0.15, 0.2) is 0 Å². The van der Waals surface area contributed by atoms with E-state index in [1.807, 2.05) is 38.1 Å². The molecule has 2 aromatic carbocycles. The van der Waals surface area contributed by atoms with Gasteiger partial charge < -0.3 is 19.7 Å². The van der Waals surface area contributed by atoms with Crippen LogP contribution in [0.15, 0.2) is 59.6 Å². The third-order valence-corrected chi connectivity index (χ3v) is 6.49. The van der Waals surface area contributed by atoms with Crippen LogP contribution in [0.4, 0.5) is 11.6 Å². The van der Waals surface area contributed by atoms with E-state index in [9.17, 15) is 0 Å². The molecule has 9 heteroatoms. The smallest absolute Gasteiger partial charge is 0.229 e. The molecule has 1 aliphatic heterocycles. The van der Waals surface area contributed by atoms with E-state index in [0.717, 1.165) is 49.4 Å². The van der Waals surface area contributed by atoms with Gasteiger partial charge in [-0.1, -0.05) is 30.3 Å². The predicted molar refractivity (Wildman–Crippen MR) is 153 cm³/mol. The average molecular weight is 519 g/mol. The van der Waals surface area contributed by atoms with Gasteiger partial charge in [0.05, 0.1) is 14.2 Å². The first-order valence-corrected chi connectivity index (χ1v) is 12.8. The summed E-state index contributed by atoms with van der Waals surface area (Å²) in [6.45, 7) is 5.63. The lowest BCUT2D eigenvalue weighted by atomic mass is 9.90. The summed E-state index contributed by atoms with van der Waals surface area (Å²) in [4.78, 5) is 16.1. The molecule has 194 valence electrons. The zero-order valence-corrected chi connectivity index (χ0v) is 22.6. The number of hydrogen-bond acceptors (Lipinski definition) is 5. The van der Waals surface area contributed by atoms with Crippen LogP contribution >= 0.6 is 12.2 Å². The number of aliphatic imine (C=N–C) groups is 1. The molecule has 37 heavy (non-hydrogen) atoms. The minimum atomic E-state index is 0.314. The number of rotatable bonds is 6. The maximum atomic E-state index is 5.63. The molecular weight excluding hydrogens is 484 g/mol. The highest BCUT2D eigenvalue weighted by Gasteiger charge is 2.23. The quantitative estimate of drug-likeness (QED) is 0.261. The highest BCUT2D eigenvalue weighted by atomic mass is 32.1. The SMILES string of the molecule is COc1cc(NC(=S)/N=C(/Nc2nc(C)cc(C)n2)N2CCC(Cc3ccccc3)CC2)cc(OC)c1. The number of methoxy groups -OCH3 is 2. The fourth-order valence-electron chi connectivity index (χ4n) is 4.48. The zero-order valence-electron chi connectivity index (χ0n) is 21.8. The van der Waals surface area contributed by atoms with Gasteiger partial charge in [0.2, 0.25) is 17.0 Å². The molecule has 2 heterocycles. The second-order valence-electron chi connectivity index (χ2n) is 9.19.